The Hall–Kier alpha value is -3.28. The Morgan fingerprint density at radius 1 is 1.31 bits per heavy atom. The zero-order chi connectivity index (χ0) is 20.4. The minimum absolute atomic E-state index is 0.552. The normalized spacial score (nSPS) is 20.2. The molecule has 1 unspecified atom stereocenters. The monoisotopic (exact) mass is 390 g/mol. The SMILES string of the molecule is CN(C)C1=CCC(OC(N)=O)(c2ccc3c(c2)CCN3Cc2ccccn2)C=C1. The van der Waals surface area contributed by atoms with E-state index in [1.807, 2.05) is 61.6 Å². The van der Waals surface area contributed by atoms with Gasteiger partial charge in [-0.2, -0.15) is 0 Å². The van der Waals surface area contributed by atoms with Crippen molar-refractivity contribution in [3.63, 3.8) is 0 Å². The lowest BCUT2D eigenvalue weighted by molar-refractivity contribution is 0.0518. The molecule has 0 bridgehead atoms. The smallest absolute Gasteiger partial charge is 0.405 e. The number of benzene rings is 1. The van der Waals surface area contributed by atoms with E-state index in [1.54, 1.807) is 0 Å². The number of nitrogens with zero attached hydrogens (tertiary/aromatic N) is 3. The molecule has 1 amide bonds. The molecule has 150 valence electrons. The Kier molecular flexibility index (Phi) is 5.01. The van der Waals surface area contributed by atoms with Crippen molar-refractivity contribution in [3.05, 3.63) is 83.3 Å². The number of fused-ring (bicyclic) bond motifs is 1. The van der Waals surface area contributed by atoms with Crippen molar-refractivity contribution < 1.29 is 9.53 Å². The summed E-state index contributed by atoms with van der Waals surface area (Å²) >= 11 is 0. The highest BCUT2D eigenvalue weighted by atomic mass is 16.6. The van der Waals surface area contributed by atoms with Crippen LogP contribution in [0.25, 0.3) is 0 Å². The Balaban J connectivity index is 1.62. The molecule has 0 saturated carbocycles. The van der Waals surface area contributed by atoms with Gasteiger partial charge >= 0.3 is 6.09 Å². The number of likely N-dealkylation sites (N-methyl/N-ethyl adjacent to an activating group) is 1. The molecular weight excluding hydrogens is 364 g/mol. The lowest BCUT2D eigenvalue weighted by atomic mass is 9.85. The standard InChI is InChI=1S/C23H26N4O2/c1-26(2)20-8-11-23(12-9-20,29-22(24)28)18-6-7-21-17(15-18)10-14-27(21)16-19-5-3-4-13-25-19/h3-9,11,13,15H,10,12,14,16H2,1-2H3,(H2,24,28). The molecule has 29 heavy (non-hydrogen) atoms. The number of hydrogen-bond donors (Lipinski definition) is 1. The molecule has 1 atom stereocenters. The number of rotatable bonds is 5. The van der Waals surface area contributed by atoms with Gasteiger partial charge < -0.3 is 20.3 Å². The number of anilines is 1. The van der Waals surface area contributed by atoms with Crippen molar-refractivity contribution in [1.82, 2.24) is 9.88 Å². The van der Waals surface area contributed by atoms with Crippen molar-refractivity contribution >= 4 is 11.8 Å². The second-order valence-corrected chi connectivity index (χ2v) is 7.71. The van der Waals surface area contributed by atoms with Crippen LogP contribution in [0.15, 0.2) is 66.5 Å². The second-order valence-electron chi connectivity index (χ2n) is 7.71. The third-order valence-corrected chi connectivity index (χ3v) is 5.58. The van der Waals surface area contributed by atoms with Gasteiger partial charge in [0.1, 0.15) is 0 Å². The minimum Gasteiger partial charge on any atom is -0.434 e. The van der Waals surface area contributed by atoms with E-state index < -0.39 is 11.7 Å². The summed E-state index contributed by atoms with van der Waals surface area (Å²) in [4.78, 5) is 20.5. The van der Waals surface area contributed by atoms with Gasteiger partial charge in [0, 0.05) is 50.2 Å². The van der Waals surface area contributed by atoms with Gasteiger partial charge in [-0.15, -0.1) is 0 Å². The number of carbonyl (C=O) groups is 1. The maximum Gasteiger partial charge on any atom is 0.405 e. The highest BCUT2D eigenvalue weighted by molar-refractivity contribution is 5.67. The molecule has 1 aliphatic heterocycles. The zero-order valence-electron chi connectivity index (χ0n) is 16.8. The molecule has 1 aromatic heterocycles. The van der Waals surface area contributed by atoms with Crippen LogP contribution < -0.4 is 10.6 Å². The Morgan fingerprint density at radius 3 is 2.83 bits per heavy atom. The molecular formula is C23H26N4O2. The maximum absolute atomic E-state index is 11.7. The fourth-order valence-electron chi connectivity index (χ4n) is 4.06. The third kappa shape index (κ3) is 3.83. The predicted octanol–water partition coefficient (Wildman–Crippen LogP) is 3.34. The van der Waals surface area contributed by atoms with Gasteiger partial charge in [0.15, 0.2) is 5.60 Å². The third-order valence-electron chi connectivity index (χ3n) is 5.58. The van der Waals surface area contributed by atoms with Crippen LogP contribution in [0.4, 0.5) is 10.5 Å². The van der Waals surface area contributed by atoms with Crippen LogP contribution in [0.2, 0.25) is 0 Å². The first kappa shape index (κ1) is 19.1. The molecule has 2 heterocycles. The van der Waals surface area contributed by atoms with Gasteiger partial charge in [0.2, 0.25) is 0 Å². The van der Waals surface area contributed by atoms with Crippen molar-refractivity contribution in [2.45, 2.75) is 25.0 Å². The zero-order valence-corrected chi connectivity index (χ0v) is 16.8. The molecule has 0 radical (unpaired) electrons. The first-order valence-electron chi connectivity index (χ1n) is 9.80. The Labute approximate surface area is 171 Å². The van der Waals surface area contributed by atoms with Gasteiger partial charge in [-0.3, -0.25) is 4.98 Å². The molecule has 6 heteroatoms. The summed E-state index contributed by atoms with van der Waals surface area (Å²) in [5, 5.41) is 0. The highest BCUT2D eigenvalue weighted by Crippen LogP contribution is 2.39. The number of hydrogen-bond acceptors (Lipinski definition) is 5. The predicted molar refractivity (Wildman–Crippen MR) is 113 cm³/mol. The van der Waals surface area contributed by atoms with Crippen LogP contribution in [0.3, 0.4) is 0 Å². The van der Waals surface area contributed by atoms with Gasteiger partial charge in [0.05, 0.1) is 12.2 Å². The number of primary amides is 1. The molecule has 2 aliphatic rings. The number of pyridine rings is 1. The van der Waals surface area contributed by atoms with E-state index >= 15 is 0 Å². The van der Waals surface area contributed by atoms with E-state index in [2.05, 4.69) is 28.1 Å². The number of carbonyl (C=O) groups excluding carboxylic acids is 1. The first-order valence-corrected chi connectivity index (χ1v) is 9.80. The number of amides is 1. The van der Waals surface area contributed by atoms with Crippen LogP contribution in [-0.4, -0.2) is 36.6 Å². The van der Waals surface area contributed by atoms with Crippen LogP contribution in [0.5, 0.6) is 0 Å². The van der Waals surface area contributed by atoms with Crippen molar-refractivity contribution in [1.29, 1.82) is 0 Å². The van der Waals surface area contributed by atoms with Crippen molar-refractivity contribution in [3.8, 4) is 0 Å². The Morgan fingerprint density at radius 2 is 2.17 bits per heavy atom. The van der Waals surface area contributed by atoms with Crippen LogP contribution in [0.1, 0.15) is 23.2 Å². The summed E-state index contributed by atoms with van der Waals surface area (Å²) in [5.41, 5.74) is 10.1. The fraction of sp³-hybridized carbons (Fsp3) is 0.304. The second kappa shape index (κ2) is 7.62. The van der Waals surface area contributed by atoms with Gasteiger partial charge in [-0.25, -0.2) is 4.79 Å². The molecule has 6 nitrogen and oxygen atoms in total. The summed E-state index contributed by atoms with van der Waals surface area (Å²) in [7, 11) is 3.98. The molecule has 0 spiro atoms. The topological polar surface area (TPSA) is 71.7 Å². The molecule has 2 aromatic rings. The van der Waals surface area contributed by atoms with E-state index in [0.717, 1.165) is 36.5 Å². The molecule has 4 rings (SSSR count). The van der Waals surface area contributed by atoms with Gasteiger partial charge in [-0.05, 0) is 48.4 Å². The summed E-state index contributed by atoms with van der Waals surface area (Å²) in [6.45, 7) is 1.73. The summed E-state index contributed by atoms with van der Waals surface area (Å²) in [5.74, 6) is 0. The number of allylic oxidation sites excluding steroid dienone is 1. The summed E-state index contributed by atoms with van der Waals surface area (Å²) in [6.07, 6.45) is 8.55. The van der Waals surface area contributed by atoms with Gasteiger partial charge in [-0.1, -0.05) is 18.2 Å². The molecule has 1 aliphatic carbocycles. The number of nitrogens with two attached hydrogens (primary N) is 1. The number of ether oxygens (including phenoxy) is 1. The van der Waals surface area contributed by atoms with E-state index in [0.29, 0.717) is 6.42 Å². The van der Waals surface area contributed by atoms with Crippen molar-refractivity contribution in [2.24, 2.45) is 5.73 Å². The number of aromatic nitrogens is 1. The van der Waals surface area contributed by atoms with Crippen LogP contribution in [-0.2, 0) is 23.3 Å². The van der Waals surface area contributed by atoms with Crippen molar-refractivity contribution in [2.75, 3.05) is 25.5 Å². The van der Waals surface area contributed by atoms with E-state index in [4.69, 9.17) is 10.5 Å². The van der Waals surface area contributed by atoms with Crippen LogP contribution in [0, 0.1) is 0 Å². The molecule has 1 aromatic carbocycles. The quantitative estimate of drug-likeness (QED) is 0.848. The highest BCUT2D eigenvalue weighted by Gasteiger charge is 2.36. The van der Waals surface area contributed by atoms with E-state index in [1.165, 1.54) is 11.3 Å². The minimum atomic E-state index is -0.866. The van der Waals surface area contributed by atoms with E-state index in [9.17, 15) is 4.79 Å². The average molecular weight is 390 g/mol. The fourth-order valence-corrected chi connectivity index (χ4v) is 4.06. The largest absolute Gasteiger partial charge is 0.434 e. The lowest BCUT2D eigenvalue weighted by Gasteiger charge is -2.33. The lowest BCUT2D eigenvalue weighted by Crippen LogP contribution is -2.34. The maximum atomic E-state index is 11.7. The first-order chi connectivity index (χ1) is 14.0. The Bertz CT molecular complexity index is 968. The summed E-state index contributed by atoms with van der Waals surface area (Å²) < 4.78 is 5.64. The summed E-state index contributed by atoms with van der Waals surface area (Å²) in [6, 6.07) is 12.3. The van der Waals surface area contributed by atoms with E-state index in [-0.39, 0.29) is 0 Å². The average Bonchev–Trinajstić information content (AvgIpc) is 3.11. The molecule has 0 saturated heterocycles. The van der Waals surface area contributed by atoms with Crippen LogP contribution >= 0.6 is 0 Å². The molecule has 0 fully saturated rings. The van der Waals surface area contributed by atoms with Gasteiger partial charge in [0.25, 0.3) is 0 Å². The molecule has 2 N–H and O–H groups in total.